The molecule has 2 rings (SSSR count). The Balaban J connectivity index is 2.00. The number of hydrogen-bond donors (Lipinski definition) is 1. The highest BCUT2D eigenvalue weighted by Crippen LogP contribution is 2.28. The van der Waals surface area contributed by atoms with Crippen molar-refractivity contribution >= 4 is 58.0 Å². The fourth-order valence-corrected chi connectivity index (χ4v) is 3.64. The first-order chi connectivity index (χ1) is 9.45. The SMILES string of the molecule is Cc1nnc(SC(C)C(=O)Nc2ncc(Cl)cc2Cl)s1. The fourth-order valence-electron chi connectivity index (χ4n) is 1.26. The number of nitrogens with zero attached hydrogens (tertiary/aromatic N) is 3. The summed E-state index contributed by atoms with van der Waals surface area (Å²) in [6, 6.07) is 1.53. The van der Waals surface area contributed by atoms with Gasteiger partial charge in [0.25, 0.3) is 0 Å². The second-order valence-electron chi connectivity index (χ2n) is 3.82. The van der Waals surface area contributed by atoms with Gasteiger partial charge in [-0.3, -0.25) is 4.79 Å². The maximum absolute atomic E-state index is 12.1. The van der Waals surface area contributed by atoms with Crippen molar-refractivity contribution < 1.29 is 4.79 Å². The van der Waals surface area contributed by atoms with E-state index < -0.39 is 0 Å². The molecule has 0 fully saturated rings. The minimum absolute atomic E-state index is 0.209. The summed E-state index contributed by atoms with van der Waals surface area (Å²) < 4.78 is 0.750. The topological polar surface area (TPSA) is 67.8 Å². The number of nitrogens with one attached hydrogen (secondary N) is 1. The molecule has 0 saturated heterocycles. The third-order valence-electron chi connectivity index (χ3n) is 2.20. The molecule has 2 heterocycles. The molecule has 0 aromatic carbocycles. The van der Waals surface area contributed by atoms with E-state index in [1.807, 2.05) is 6.92 Å². The molecule has 20 heavy (non-hydrogen) atoms. The van der Waals surface area contributed by atoms with Gasteiger partial charge in [-0.1, -0.05) is 46.3 Å². The van der Waals surface area contributed by atoms with E-state index in [0.29, 0.717) is 15.9 Å². The Morgan fingerprint density at radius 3 is 2.80 bits per heavy atom. The van der Waals surface area contributed by atoms with Crippen LogP contribution in [0.1, 0.15) is 11.9 Å². The minimum atomic E-state index is -0.337. The Morgan fingerprint density at radius 1 is 1.45 bits per heavy atom. The number of halogens is 2. The highest BCUT2D eigenvalue weighted by molar-refractivity contribution is 8.02. The van der Waals surface area contributed by atoms with Crippen LogP contribution < -0.4 is 5.32 Å². The number of thioether (sulfide) groups is 1. The molecule has 9 heteroatoms. The molecule has 0 aliphatic heterocycles. The van der Waals surface area contributed by atoms with Crippen molar-refractivity contribution in [1.82, 2.24) is 15.2 Å². The van der Waals surface area contributed by atoms with Crippen molar-refractivity contribution in [2.75, 3.05) is 5.32 Å². The fraction of sp³-hybridized carbons (Fsp3) is 0.273. The lowest BCUT2D eigenvalue weighted by Gasteiger charge is -2.10. The summed E-state index contributed by atoms with van der Waals surface area (Å²) in [5.74, 6) is 0.0848. The number of amides is 1. The summed E-state index contributed by atoms with van der Waals surface area (Å²) in [6.45, 7) is 3.64. The van der Waals surface area contributed by atoms with E-state index in [9.17, 15) is 4.79 Å². The Kier molecular flexibility index (Phi) is 5.20. The lowest BCUT2D eigenvalue weighted by atomic mass is 10.4. The van der Waals surface area contributed by atoms with Gasteiger partial charge in [0.05, 0.1) is 15.3 Å². The molecule has 0 saturated carbocycles. The maximum atomic E-state index is 12.1. The largest absolute Gasteiger partial charge is 0.308 e. The number of rotatable bonds is 4. The Bertz CT molecular complexity index is 635. The van der Waals surface area contributed by atoms with Crippen molar-refractivity contribution in [2.24, 2.45) is 0 Å². The molecule has 0 bridgehead atoms. The summed E-state index contributed by atoms with van der Waals surface area (Å²) in [5, 5.41) is 11.8. The molecule has 1 unspecified atom stereocenters. The Morgan fingerprint density at radius 2 is 2.20 bits per heavy atom. The smallest absolute Gasteiger partial charge is 0.238 e. The summed E-state index contributed by atoms with van der Waals surface area (Å²) in [7, 11) is 0. The number of anilines is 1. The summed E-state index contributed by atoms with van der Waals surface area (Å²) in [6.07, 6.45) is 1.43. The molecule has 0 aliphatic rings. The highest BCUT2D eigenvalue weighted by atomic mass is 35.5. The molecule has 2 aromatic heterocycles. The predicted octanol–water partition coefficient (Wildman–Crippen LogP) is 3.67. The average molecular weight is 349 g/mol. The van der Waals surface area contributed by atoms with Crippen molar-refractivity contribution in [1.29, 1.82) is 0 Å². The lowest BCUT2D eigenvalue weighted by Crippen LogP contribution is -2.23. The zero-order chi connectivity index (χ0) is 14.7. The second kappa shape index (κ2) is 6.71. The van der Waals surface area contributed by atoms with E-state index >= 15 is 0 Å². The number of aromatic nitrogens is 3. The standard InChI is InChI=1S/C11H10Cl2N4OS2/c1-5(19-11-17-16-6(2)20-11)10(18)15-9-8(13)3-7(12)4-14-9/h3-5H,1-2H3,(H,14,15,18). The average Bonchev–Trinajstić information content (AvgIpc) is 2.78. The van der Waals surface area contributed by atoms with Crippen molar-refractivity contribution in [3.63, 3.8) is 0 Å². The van der Waals surface area contributed by atoms with Gasteiger partial charge in [0, 0.05) is 6.20 Å². The van der Waals surface area contributed by atoms with Crippen LogP contribution in [0, 0.1) is 6.92 Å². The number of pyridine rings is 1. The predicted molar refractivity (Wildman–Crippen MR) is 82.9 cm³/mol. The van der Waals surface area contributed by atoms with E-state index in [1.165, 1.54) is 35.4 Å². The Labute approximate surface area is 134 Å². The maximum Gasteiger partial charge on any atom is 0.238 e. The van der Waals surface area contributed by atoms with Crippen LogP contribution in [-0.2, 0) is 4.79 Å². The molecule has 1 N–H and O–H groups in total. The molecule has 106 valence electrons. The van der Waals surface area contributed by atoms with E-state index in [2.05, 4.69) is 20.5 Å². The second-order valence-corrected chi connectivity index (χ2v) is 7.43. The molecule has 2 aromatic rings. The van der Waals surface area contributed by atoms with Crippen LogP contribution in [-0.4, -0.2) is 26.3 Å². The van der Waals surface area contributed by atoms with Gasteiger partial charge in [0.15, 0.2) is 10.2 Å². The molecule has 1 atom stereocenters. The molecule has 1 amide bonds. The molecular formula is C11H10Cl2N4OS2. The van der Waals surface area contributed by atoms with E-state index in [1.54, 1.807) is 6.92 Å². The number of aryl methyl sites for hydroxylation is 1. The van der Waals surface area contributed by atoms with Gasteiger partial charge in [-0.25, -0.2) is 4.98 Å². The summed E-state index contributed by atoms with van der Waals surface area (Å²) in [5.41, 5.74) is 0. The lowest BCUT2D eigenvalue weighted by molar-refractivity contribution is -0.115. The minimum Gasteiger partial charge on any atom is -0.308 e. The molecule has 0 aliphatic carbocycles. The quantitative estimate of drug-likeness (QED) is 0.853. The van der Waals surface area contributed by atoms with Gasteiger partial charge in [-0.15, -0.1) is 10.2 Å². The molecule has 0 spiro atoms. The first kappa shape index (κ1) is 15.5. The van der Waals surface area contributed by atoms with Crippen molar-refractivity contribution in [2.45, 2.75) is 23.4 Å². The highest BCUT2D eigenvalue weighted by Gasteiger charge is 2.18. The van der Waals surface area contributed by atoms with Gasteiger partial charge >= 0.3 is 0 Å². The monoisotopic (exact) mass is 348 g/mol. The van der Waals surface area contributed by atoms with E-state index in [-0.39, 0.29) is 11.2 Å². The summed E-state index contributed by atoms with van der Waals surface area (Å²) >= 11 is 14.5. The van der Waals surface area contributed by atoms with Crippen LogP contribution in [0.15, 0.2) is 16.6 Å². The molecule has 5 nitrogen and oxygen atoms in total. The van der Waals surface area contributed by atoms with Crippen LogP contribution >= 0.6 is 46.3 Å². The van der Waals surface area contributed by atoms with Crippen LogP contribution in [0.4, 0.5) is 5.82 Å². The van der Waals surface area contributed by atoms with Crippen LogP contribution in [0.5, 0.6) is 0 Å². The molecular weight excluding hydrogens is 339 g/mol. The normalized spacial score (nSPS) is 12.2. The van der Waals surface area contributed by atoms with Crippen LogP contribution in [0.3, 0.4) is 0 Å². The van der Waals surface area contributed by atoms with Gasteiger partial charge in [-0.2, -0.15) is 0 Å². The number of hydrogen-bond acceptors (Lipinski definition) is 6. The van der Waals surface area contributed by atoms with Crippen LogP contribution in [0.25, 0.3) is 0 Å². The third-order valence-corrected chi connectivity index (χ3v) is 4.72. The molecule has 0 radical (unpaired) electrons. The zero-order valence-corrected chi connectivity index (χ0v) is 13.7. The van der Waals surface area contributed by atoms with Gasteiger partial charge < -0.3 is 5.32 Å². The van der Waals surface area contributed by atoms with Crippen molar-refractivity contribution in [3.8, 4) is 0 Å². The first-order valence-electron chi connectivity index (χ1n) is 5.54. The zero-order valence-electron chi connectivity index (χ0n) is 10.6. The third kappa shape index (κ3) is 4.05. The Hall–Kier alpha value is -0.890. The number of carbonyl (C=O) groups excluding carboxylic acids is 1. The first-order valence-corrected chi connectivity index (χ1v) is 7.99. The van der Waals surface area contributed by atoms with Crippen LogP contribution in [0.2, 0.25) is 10.0 Å². The number of carbonyl (C=O) groups is 1. The van der Waals surface area contributed by atoms with Gasteiger partial charge in [0.2, 0.25) is 5.91 Å². The summed E-state index contributed by atoms with van der Waals surface area (Å²) in [4.78, 5) is 16.0. The van der Waals surface area contributed by atoms with Crippen molar-refractivity contribution in [3.05, 3.63) is 27.3 Å². The van der Waals surface area contributed by atoms with Gasteiger partial charge in [0.1, 0.15) is 5.01 Å². The van der Waals surface area contributed by atoms with E-state index in [4.69, 9.17) is 23.2 Å². The van der Waals surface area contributed by atoms with Gasteiger partial charge in [-0.05, 0) is 19.9 Å². The van der Waals surface area contributed by atoms with E-state index in [0.717, 1.165) is 9.35 Å².